The molecule has 0 aliphatic carbocycles. The fraction of sp³-hybridized carbons (Fsp3) is 0.500. The van der Waals surface area contributed by atoms with E-state index >= 15 is 0 Å². The predicted octanol–water partition coefficient (Wildman–Crippen LogP) is 1.95. The van der Waals surface area contributed by atoms with Gasteiger partial charge in [-0.1, -0.05) is 5.16 Å². The molecular weight excluding hydrogens is 220 g/mol. The largest absolute Gasteiger partial charge is 0.472 e. The molecule has 1 atom stereocenters. The second kappa shape index (κ2) is 4.71. The van der Waals surface area contributed by atoms with Gasteiger partial charge in [-0.2, -0.15) is 4.98 Å². The zero-order valence-electron chi connectivity index (χ0n) is 9.46. The van der Waals surface area contributed by atoms with Crippen LogP contribution in [0.25, 0.3) is 0 Å². The Hall–Kier alpha value is -1.62. The van der Waals surface area contributed by atoms with Crippen molar-refractivity contribution in [3.05, 3.63) is 35.9 Å². The number of aromatic nitrogens is 2. The molecule has 1 aliphatic rings. The molecule has 3 heterocycles. The molecule has 0 radical (unpaired) electrons. The van der Waals surface area contributed by atoms with E-state index in [9.17, 15) is 0 Å². The molecule has 1 fully saturated rings. The van der Waals surface area contributed by atoms with Crippen LogP contribution in [0.3, 0.4) is 0 Å². The molecule has 0 amide bonds. The van der Waals surface area contributed by atoms with Gasteiger partial charge >= 0.3 is 0 Å². The molecule has 90 valence electrons. The Bertz CT molecular complexity index is 458. The molecule has 1 saturated heterocycles. The maximum Gasteiger partial charge on any atom is 0.226 e. The summed E-state index contributed by atoms with van der Waals surface area (Å²) in [5, 5.41) is 4.01. The Morgan fingerprint density at radius 2 is 2.35 bits per heavy atom. The molecule has 0 bridgehead atoms. The molecule has 1 aliphatic heterocycles. The van der Waals surface area contributed by atoms with Crippen LogP contribution in [-0.4, -0.2) is 23.4 Å². The second-order valence-electron chi connectivity index (χ2n) is 4.24. The van der Waals surface area contributed by atoms with Crippen LogP contribution in [0, 0.1) is 0 Å². The van der Waals surface area contributed by atoms with Crippen LogP contribution < -0.4 is 0 Å². The minimum atomic E-state index is 0.307. The van der Waals surface area contributed by atoms with Crippen molar-refractivity contribution in [2.75, 3.05) is 13.2 Å². The number of rotatable bonds is 4. The monoisotopic (exact) mass is 234 g/mol. The molecule has 2 aromatic heterocycles. The molecule has 3 rings (SSSR count). The minimum absolute atomic E-state index is 0.307. The maximum absolute atomic E-state index is 5.31. The van der Waals surface area contributed by atoms with Crippen molar-refractivity contribution in [2.24, 2.45) is 0 Å². The highest BCUT2D eigenvalue weighted by Gasteiger charge is 2.22. The van der Waals surface area contributed by atoms with Gasteiger partial charge in [-0.15, -0.1) is 0 Å². The van der Waals surface area contributed by atoms with Gasteiger partial charge in [0.2, 0.25) is 5.89 Å². The quantitative estimate of drug-likeness (QED) is 0.809. The zero-order valence-corrected chi connectivity index (χ0v) is 9.46. The fourth-order valence-corrected chi connectivity index (χ4v) is 1.96. The lowest BCUT2D eigenvalue weighted by Gasteiger charge is -1.97. The third-order valence-corrected chi connectivity index (χ3v) is 2.99. The topological polar surface area (TPSA) is 61.3 Å². The van der Waals surface area contributed by atoms with E-state index in [1.54, 1.807) is 12.5 Å². The zero-order chi connectivity index (χ0) is 11.5. The highest BCUT2D eigenvalue weighted by atomic mass is 16.5. The van der Waals surface area contributed by atoms with Crippen LogP contribution in [0.2, 0.25) is 0 Å². The molecule has 5 nitrogen and oxygen atoms in total. The Morgan fingerprint density at radius 1 is 1.35 bits per heavy atom. The van der Waals surface area contributed by atoms with Gasteiger partial charge in [0.1, 0.15) is 0 Å². The van der Waals surface area contributed by atoms with E-state index in [1.165, 1.54) is 0 Å². The molecule has 0 unspecified atom stereocenters. The summed E-state index contributed by atoms with van der Waals surface area (Å²) in [5.74, 6) is 1.78. The lowest BCUT2D eigenvalue weighted by molar-refractivity contribution is 0.192. The van der Waals surface area contributed by atoms with E-state index in [0.717, 1.165) is 37.3 Å². The highest BCUT2D eigenvalue weighted by molar-refractivity contribution is 5.07. The summed E-state index contributed by atoms with van der Waals surface area (Å²) in [4.78, 5) is 4.40. The van der Waals surface area contributed by atoms with Crippen LogP contribution in [-0.2, 0) is 17.6 Å². The summed E-state index contributed by atoms with van der Waals surface area (Å²) in [5.41, 5.74) is 1.15. The van der Waals surface area contributed by atoms with Gasteiger partial charge in [-0.3, -0.25) is 0 Å². The van der Waals surface area contributed by atoms with Crippen LogP contribution in [0.1, 0.15) is 29.6 Å². The van der Waals surface area contributed by atoms with Crippen LogP contribution in [0.4, 0.5) is 0 Å². The van der Waals surface area contributed by atoms with Gasteiger partial charge in [-0.05, 0) is 24.5 Å². The van der Waals surface area contributed by atoms with Crippen LogP contribution in [0.15, 0.2) is 27.5 Å². The average Bonchev–Trinajstić information content (AvgIpc) is 3.09. The first-order chi connectivity index (χ1) is 8.42. The third kappa shape index (κ3) is 2.39. The first-order valence-electron chi connectivity index (χ1n) is 5.83. The third-order valence-electron chi connectivity index (χ3n) is 2.99. The standard InChI is InChI=1S/C12H14N2O3/c1(9-3-5-15-7-9)2-11-13-12(14-17-11)10-4-6-16-8-10/h3,5,7,10H,1-2,4,6,8H2/t10-/m1/s1. The Kier molecular flexibility index (Phi) is 2.92. The normalized spacial score (nSPS) is 19.9. The van der Waals surface area contributed by atoms with E-state index in [2.05, 4.69) is 10.1 Å². The molecule has 0 N–H and O–H groups in total. The van der Waals surface area contributed by atoms with Crippen molar-refractivity contribution in [1.82, 2.24) is 10.1 Å². The highest BCUT2D eigenvalue weighted by Crippen LogP contribution is 2.22. The van der Waals surface area contributed by atoms with Crippen molar-refractivity contribution in [3.8, 4) is 0 Å². The smallest absolute Gasteiger partial charge is 0.226 e. The van der Waals surface area contributed by atoms with Gasteiger partial charge < -0.3 is 13.7 Å². The summed E-state index contributed by atoms with van der Waals surface area (Å²) in [6.07, 6.45) is 6.01. The van der Waals surface area contributed by atoms with E-state index in [-0.39, 0.29) is 0 Å². The number of hydrogen-bond donors (Lipinski definition) is 0. The van der Waals surface area contributed by atoms with E-state index in [0.29, 0.717) is 18.4 Å². The summed E-state index contributed by atoms with van der Waals surface area (Å²) in [6, 6.07) is 1.95. The number of ether oxygens (including phenoxy) is 1. The van der Waals surface area contributed by atoms with Crippen molar-refractivity contribution < 1.29 is 13.7 Å². The first kappa shape index (κ1) is 10.5. The summed E-state index contributed by atoms with van der Waals surface area (Å²) in [6.45, 7) is 1.50. The molecule has 0 aromatic carbocycles. The first-order valence-corrected chi connectivity index (χ1v) is 5.83. The van der Waals surface area contributed by atoms with Gasteiger partial charge in [0.15, 0.2) is 5.82 Å². The summed E-state index contributed by atoms with van der Waals surface area (Å²) < 4.78 is 15.5. The Morgan fingerprint density at radius 3 is 3.12 bits per heavy atom. The van der Waals surface area contributed by atoms with Crippen molar-refractivity contribution in [1.29, 1.82) is 0 Å². The lowest BCUT2D eigenvalue weighted by atomic mass is 10.1. The van der Waals surface area contributed by atoms with Crippen molar-refractivity contribution in [2.45, 2.75) is 25.2 Å². The maximum atomic E-state index is 5.31. The summed E-state index contributed by atoms with van der Waals surface area (Å²) in [7, 11) is 0. The molecular formula is C12H14N2O3. The van der Waals surface area contributed by atoms with Crippen molar-refractivity contribution in [3.63, 3.8) is 0 Å². The van der Waals surface area contributed by atoms with Crippen LogP contribution in [0.5, 0.6) is 0 Å². The minimum Gasteiger partial charge on any atom is -0.472 e. The van der Waals surface area contributed by atoms with Crippen molar-refractivity contribution >= 4 is 0 Å². The molecule has 5 heteroatoms. The number of nitrogens with zero attached hydrogens (tertiary/aromatic N) is 2. The van der Waals surface area contributed by atoms with E-state index < -0.39 is 0 Å². The fourth-order valence-electron chi connectivity index (χ4n) is 1.96. The van der Waals surface area contributed by atoms with Gasteiger partial charge in [0.05, 0.1) is 19.1 Å². The van der Waals surface area contributed by atoms with E-state index in [1.807, 2.05) is 6.07 Å². The Labute approximate surface area is 98.8 Å². The van der Waals surface area contributed by atoms with Gasteiger partial charge in [0.25, 0.3) is 0 Å². The molecule has 0 spiro atoms. The Balaban J connectivity index is 1.60. The number of furan rings is 1. The number of aryl methyl sites for hydroxylation is 2. The van der Waals surface area contributed by atoms with Gasteiger partial charge in [-0.25, -0.2) is 0 Å². The molecule has 2 aromatic rings. The predicted molar refractivity (Wildman–Crippen MR) is 58.6 cm³/mol. The molecule has 0 saturated carbocycles. The van der Waals surface area contributed by atoms with Gasteiger partial charge in [0, 0.05) is 18.9 Å². The lowest BCUT2D eigenvalue weighted by Crippen LogP contribution is -2.00. The summed E-state index contributed by atoms with van der Waals surface area (Å²) >= 11 is 0. The SMILES string of the molecule is c1cc(CCc2nc([C@@H]3CCOC3)no2)co1. The number of hydrogen-bond acceptors (Lipinski definition) is 5. The average molecular weight is 234 g/mol. The second-order valence-corrected chi connectivity index (χ2v) is 4.24. The van der Waals surface area contributed by atoms with E-state index in [4.69, 9.17) is 13.7 Å². The van der Waals surface area contributed by atoms with Crippen LogP contribution >= 0.6 is 0 Å². The molecule has 17 heavy (non-hydrogen) atoms.